The average molecular weight is 299 g/mol. The van der Waals surface area contributed by atoms with Gasteiger partial charge in [-0.1, -0.05) is 37.8 Å². The van der Waals surface area contributed by atoms with Crippen molar-refractivity contribution in [1.29, 1.82) is 0 Å². The van der Waals surface area contributed by atoms with E-state index in [9.17, 15) is 0 Å². The van der Waals surface area contributed by atoms with Crippen LogP contribution in [0.3, 0.4) is 0 Å². The maximum absolute atomic E-state index is 5.41. The van der Waals surface area contributed by atoms with E-state index in [2.05, 4.69) is 22.0 Å². The molecule has 2 heterocycles. The average Bonchev–Trinajstić information content (AvgIpc) is 3.07. The van der Waals surface area contributed by atoms with Gasteiger partial charge in [0, 0.05) is 18.3 Å². The zero-order chi connectivity index (χ0) is 15.2. The topological polar surface area (TPSA) is 51.8 Å². The molecule has 0 bridgehead atoms. The summed E-state index contributed by atoms with van der Waals surface area (Å²) in [5, 5.41) is 4.20. The number of nitrogens with zero attached hydrogens (tertiary/aromatic N) is 3. The molecule has 0 amide bonds. The first kappa shape index (κ1) is 15.2. The molecule has 2 aromatic rings. The van der Waals surface area contributed by atoms with E-state index in [4.69, 9.17) is 4.52 Å². The summed E-state index contributed by atoms with van der Waals surface area (Å²) in [6.07, 6.45) is 14.0. The predicted molar refractivity (Wildman–Crippen MR) is 86.4 cm³/mol. The second kappa shape index (κ2) is 7.52. The van der Waals surface area contributed by atoms with Crippen molar-refractivity contribution in [2.75, 3.05) is 0 Å². The standard InChI is InChI=1S/C18H25N3O/c1-2-3-4-6-14-8-10-15(11-9-14)17-20-18(22-21-17)16-7-5-12-19-13-16/h5,7,12-15H,2-4,6,8-11H2,1H3. The summed E-state index contributed by atoms with van der Waals surface area (Å²) in [6.45, 7) is 2.27. The first-order valence-electron chi connectivity index (χ1n) is 8.60. The Morgan fingerprint density at radius 2 is 2.05 bits per heavy atom. The van der Waals surface area contributed by atoms with Crippen LogP contribution in [-0.4, -0.2) is 15.1 Å². The zero-order valence-electron chi connectivity index (χ0n) is 13.4. The van der Waals surface area contributed by atoms with Crippen molar-refractivity contribution in [2.24, 2.45) is 5.92 Å². The normalized spacial score (nSPS) is 21.9. The Bertz CT molecular complexity index is 559. The molecule has 3 rings (SSSR count). The van der Waals surface area contributed by atoms with Gasteiger partial charge in [0.15, 0.2) is 5.82 Å². The van der Waals surface area contributed by atoms with Gasteiger partial charge in [-0.25, -0.2) is 0 Å². The number of hydrogen-bond acceptors (Lipinski definition) is 4. The van der Waals surface area contributed by atoms with Gasteiger partial charge in [-0.3, -0.25) is 4.98 Å². The van der Waals surface area contributed by atoms with Crippen molar-refractivity contribution in [3.8, 4) is 11.5 Å². The fourth-order valence-electron chi connectivity index (χ4n) is 3.40. The van der Waals surface area contributed by atoms with E-state index in [1.165, 1.54) is 51.4 Å². The number of rotatable bonds is 6. The number of aromatic nitrogens is 3. The molecule has 22 heavy (non-hydrogen) atoms. The molecule has 0 unspecified atom stereocenters. The molecule has 0 spiro atoms. The quantitative estimate of drug-likeness (QED) is 0.705. The monoisotopic (exact) mass is 299 g/mol. The van der Waals surface area contributed by atoms with Crippen LogP contribution < -0.4 is 0 Å². The molecule has 4 nitrogen and oxygen atoms in total. The van der Waals surface area contributed by atoms with Gasteiger partial charge in [0.2, 0.25) is 0 Å². The first-order valence-corrected chi connectivity index (χ1v) is 8.60. The lowest BCUT2D eigenvalue weighted by molar-refractivity contribution is 0.292. The summed E-state index contributed by atoms with van der Waals surface area (Å²) < 4.78 is 5.41. The van der Waals surface area contributed by atoms with E-state index in [0.29, 0.717) is 11.8 Å². The molecular formula is C18H25N3O. The van der Waals surface area contributed by atoms with Crippen LogP contribution in [0.5, 0.6) is 0 Å². The minimum atomic E-state index is 0.469. The van der Waals surface area contributed by atoms with E-state index in [-0.39, 0.29) is 0 Å². The molecule has 1 saturated carbocycles. The van der Waals surface area contributed by atoms with E-state index in [1.807, 2.05) is 12.1 Å². The van der Waals surface area contributed by atoms with Crippen molar-refractivity contribution in [3.05, 3.63) is 30.4 Å². The van der Waals surface area contributed by atoms with E-state index in [1.54, 1.807) is 12.4 Å². The highest BCUT2D eigenvalue weighted by atomic mass is 16.5. The van der Waals surface area contributed by atoms with Crippen molar-refractivity contribution in [2.45, 2.75) is 64.2 Å². The van der Waals surface area contributed by atoms with Crippen molar-refractivity contribution in [3.63, 3.8) is 0 Å². The third kappa shape index (κ3) is 3.73. The van der Waals surface area contributed by atoms with Gasteiger partial charge in [-0.2, -0.15) is 4.98 Å². The molecule has 0 N–H and O–H groups in total. The second-order valence-electron chi connectivity index (χ2n) is 6.41. The van der Waals surface area contributed by atoms with Gasteiger partial charge < -0.3 is 4.52 Å². The predicted octanol–water partition coefficient (Wildman–Crippen LogP) is 4.99. The Hall–Kier alpha value is -1.71. The third-order valence-corrected chi connectivity index (χ3v) is 4.78. The number of pyridine rings is 1. The van der Waals surface area contributed by atoms with Crippen LogP contribution in [0.2, 0.25) is 0 Å². The number of unbranched alkanes of at least 4 members (excludes halogenated alkanes) is 2. The highest BCUT2D eigenvalue weighted by Gasteiger charge is 2.25. The van der Waals surface area contributed by atoms with Crippen LogP contribution in [0.15, 0.2) is 29.0 Å². The van der Waals surface area contributed by atoms with E-state index < -0.39 is 0 Å². The molecule has 118 valence electrons. The summed E-state index contributed by atoms with van der Waals surface area (Å²) in [5.74, 6) is 2.85. The molecule has 4 heteroatoms. The highest BCUT2D eigenvalue weighted by molar-refractivity contribution is 5.50. The van der Waals surface area contributed by atoms with E-state index in [0.717, 1.165) is 17.3 Å². The molecule has 1 fully saturated rings. The molecule has 0 saturated heterocycles. The van der Waals surface area contributed by atoms with Crippen molar-refractivity contribution in [1.82, 2.24) is 15.1 Å². The summed E-state index contributed by atoms with van der Waals surface area (Å²) in [6, 6.07) is 3.84. The van der Waals surface area contributed by atoms with Gasteiger partial charge in [0.25, 0.3) is 5.89 Å². The van der Waals surface area contributed by atoms with E-state index >= 15 is 0 Å². The Balaban J connectivity index is 1.55. The highest BCUT2D eigenvalue weighted by Crippen LogP contribution is 2.37. The maximum atomic E-state index is 5.41. The third-order valence-electron chi connectivity index (χ3n) is 4.78. The lowest BCUT2D eigenvalue weighted by atomic mass is 9.79. The molecule has 0 aliphatic heterocycles. The van der Waals surface area contributed by atoms with Crippen LogP contribution >= 0.6 is 0 Å². The Kier molecular flexibility index (Phi) is 5.20. The second-order valence-corrected chi connectivity index (χ2v) is 6.41. The summed E-state index contributed by atoms with van der Waals surface area (Å²) >= 11 is 0. The van der Waals surface area contributed by atoms with Crippen LogP contribution in [0.4, 0.5) is 0 Å². The van der Waals surface area contributed by atoms with Gasteiger partial charge >= 0.3 is 0 Å². The van der Waals surface area contributed by atoms with Gasteiger partial charge in [-0.05, 0) is 43.7 Å². The van der Waals surface area contributed by atoms with Gasteiger partial charge in [0.1, 0.15) is 0 Å². The van der Waals surface area contributed by atoms with Crippen molar-refractivity contribution < 1.29 is 4.52 Å². The maximum Gasteiger partial charge on any atom is 0.259 e. The molecule has 0 aromatic carbocycles. The lowest BCUT2D eigenvalue weighted by Gasteiger charge is -2.26. The Morgan fingerprint density at radius 1 is 1.18 bits per heavy atom. The minimum Gasteiger partial charge on any atom is -0.334 e. The molecule has 0 radical (unpaired) electrons. The Labute approximate surface area is 132 Å². The fourth-order valence-corrected chi connectivity index (χ4v) is 3.40. The smallest absolute Gasteiger partial charge is 0.259 e. The van der Waals surface area contributed by atoms with Gasteiger partial charge in [-0.15, -0.1) is 0 Å². The fraction of sp³-hybridized carbons (Fsp3) is 0.611. The molecule has 1 aliphatic carbocycles. The largest absolute Gasteiger partial charge is 0.334 e. The summed E-state index contributed by atoms with van der Waals surface area (Å²) in [5.41, 5.74) is 0.898. The van der Waals surface area contributed by atoms with Gasteiger partial charge in [0.05, 0.1) is 5.56 Å². The molecule has 1 aliphatic rings. The number of hydrogen-bond donors (Lipinski definition) is 0. The Morgan fingerprint density at radius 3 is 2.77 bits per heavy atom. The van der Waals surface area contributed by atoms with Crippen molar-refractivity contribution >= 4 is 0 Å². The molecule has 2 aromatic heterocycles. The minimum absolute atomic E-state index is 0.469. The van der Waals surface area contributed by atoms with Crippen LogP contribution in [0.25, 0.3) is 11.5 Å². The molecular weight excluding hydrogens is 274 g/mol. The summed E-state index contributed by atoms with van der Waals surface area (Å²) in [4.78, 5) is 8.69. The van der Waals surface area contributed by atoms with Crippen LogP contribution in [0.1, 0.15) is 70.0 Å². The summed E-state index contributed by atoms with van der Waals surface area (Å²) in [7, 11) is 0. The lowest BCUT2D eigenvalue weighted by Crippen LogP contribution is -2.14. The molecule has 0 atom stereocenters. The first-order chi connectivity index (χ1) is 10.9. The van der Waals surface area contributed by atoms with Crippen LogP contribution in [0, 0.1) is 5.92 Å². The van der Waals surface area contributed by atoms with Crippen LogP contribution in [-0.2, 0) is 0 Å². The SMILES string of the molecule is CCCCCC1CCC(c2noc(-c3cccnc3)n2)CC1. The zero-order valence-corrected chi connectivity index (χ0v) is 13.4.